The van der Waals surface area contributed by atoms with E-state index in [2.05, 4.69) is 32.4 Å². The van der Waals surface area contributed by atoms with Crippen LogP contribution in [0.2, 0.25) is 0 Å². The number of hydrogen-bond donors (Lipinski definition) is 2. The number of nitrogens with zero attached hydrogens (tertiary/aromatic N) is 2. The van der Waals surface area contributed by atoms with Gasteiger partial charge in [-0.15, -0.1) is 0 Å². The van der Waals surface area contributed by atoms with Crippen LogP contribution < -0.4 is 10.6 Å². The van der Waals surface area contributed by atoms with Crippen molar-refractivity contribution in [3.05, 3.63) is 52.2 Å². The second kappa shape index (κ2) is 9.31. The zero-order valence-corrected chi connectivity index (χ0v) is 15.8. The van der Waals surface area contributed by atoms with Gasteiger partial charge in [0.2, 0.25) is 0 Å². The van der Waals surface area contributed by atoms with Gasteiger partial charge in [-0.3, -0.25) is 14.5 Å². The number of benzene rings is 1. The van der Waals surface area contributed by atoms with Gasteiger partial charge in [-0.25, -0.2) is 0 Å². The van der Waals surface area contributed by atoms with Crippen molar-refractivity contribution in [1.29, 1.82) is 5.26 Å². The van der Waals surface area contributed by atoms with Gasteiger partial charge in [0.25, 0.3) is 0 Å². The molecule has 1 saturated heterocycles. The highest BCUT2D eigenvalue weighted by Gasteiger charge is 2.21. The number of nitrogens with one attached hydrogen (secondary N) is 2. The normalized spacial score (nSPS) is 15.1. The minimum Gasteiger partial charge on any atom is -0.348 e. The minimum absolute atomic E-state index is 0.330. The van der Waals surface area contributed by atoms with Crippen LogP contribution in [0.25, 0.3) is 0 Å². The summed E-state index contributed by atoms with van der Waals surface area (Å²) >= 11 is 1.72. The van der Waals surface area contributed by atoms with Crippen molar-refractivity contribution in [3.63, 3.8) is 0 Å². The van der Waals surface area contributed by atoms with Gasteiger partial charge in [-0.05, 0) is 66.4 Å². The molecule has 0 unspecified atom stereocenters. The molecule has 3 rings (SSSR count). The van der Waals surface area contributed by atoms with Crippen LogP contribution in [0, 0.1) is 17.2 Å². The molecule has 1 aliphatic rings. The topological polar surface area (TPSA) is 85.2 Å². The number of para-hydroxylation sites is 1. The molecule has 7 heteroatoms. The smallest absolute Gasteiger partial charge is 0.313 e. The van der Waals surface area contributed by atoms with Crippen molar-refractivity contribution >= 4 is 28.8 Å². The largest absolute Gasteiger partial charge is 0.348 e. The van der Waals surface area contributed by atoms with Gasteiger partial charge in [0.05, 0.1) is 11.3 Å². The van der Waals surface area contributed by atoms with E-state index in [9.17, 15) is 9.59 Å². The molecule has 1 aliphatic heterocycles. The Hall–Kier alpha value is -2.69. The van der Waals surface area contributed by atoms with E-state index >= 15 is 0 Å². The maximum atomic E-state index is 12.1. The number of rotatable bonds is 5. The summed E-state index contributed by atoms with van der Waals surface area (Å²) in [5.74, 6) is -1.03. The molecule has 0 saturated carbocycles. The first kappa shape index (κ1) is 19.1. The average molecular weight is 382 g/mol. The summed E-state index contributed by atoms with van der Waals surface area (Å²) in [6.45, 7) is 3.47. The van der Waals surface area contributed by atoms with Gasteiger partial charge in [0.15, 0.2) is 0 Å². The van der Waals surface area contributed by atoms with Crippen LogP contribution >= 0.6 is 11.3 Å². The van der Waals surface area contributed by atoms with E-state index in [1.54, 1.807) is 35.6 Å². The first-order valence-electron chi connectivity index (χ1n) is 8.97. The number of thiophene rings is 1. The fourth-order valence-corrected chi connectivity index (χ4v) is 3.84. The van der Waals surface area contributed by atoms with E-state index in [0.29, 0.717) is 23.7 Å². The number of hydrogen-bond acceptors (Lipinski definition) is 5. The Kier molecular flexibility index (Phi) is 6.58. The Balaban J connectivity index is 1.40. The second-order valence-electron chi connectivity index (χ2n) is 6.67. The molecule has 0 bridgehead atoms. The lowest BCUT2D eigenvalue weighted by Gasteiger charge is -2.31. The molecular weight excluding hydrogens is 360 g/mol. The molecule has 0 spiro atoms. The standard InChI is InChI=1S/C20H22N4O2S/c21-11-17-3-1-2-4-18(17)23-20(26)19(25)22-12-15-5-8-24(9-6-15)13-16-7-10-27-14-16/h1-4,7,10,14-15H,5-6,8-9,12-13H2,(H,22,25)(H,23,26). The summed E-state index contributed by atoms with van der Waals surface area (Å²) in [5.41, 5.74) is 2.03. The van der Waals surface area contributed by atoms with Crippen LogP contribution in [0.3, 0.4) is 0 Å². The molecule has 2 amide bonds. The number of carbonyl (C=O) groups is 2. The lowest BCUT2D eigenvalue weighted by atomic mass is 9.96. The number of anilines is 1. The van der Waals surface area contributed by atoms with E-state index in [-0.39, 0.29) is 0 Å². The zero-order chi connectivity index (χ0) is 19.1. The fourth-order valence-electron chi connectivity index (χ4n) is 3.18. The summed E-state index contributed by atoms with van der Waals surface area (Å²) in [4.78, 5) is 26.5. The van der Waals surface area contributed by atoms with Crippen LogP contribution in [0.5, 0.6) is 0 Å². The van der Waals surface area contributed by atoms with E-state index in [4.69, 9.17) is 5.26 Å². The van der Waals surface area contributed by atoms with E-state index in [1.807, 2.05) is 6.07 Å². The lowest BCUT2D eigenvalue weighted by Crippen LogP contribution is -2.41. The van der Waals surface area contributed by atoms with Gasteiger partial charge in [0.1, 0.15) is 6.07 Å². The van der Waals surface area contributed by atoms with E-state index < -0.39 is 11.8 Å². The molecule has 0 aliphatic carbocycles. The third kappa shape index (κ3) is 5.39. The monoisotopic (exact) mass is 382 g/mol. The molecule has 2 aromatic rings. The van der Waals surface area contributed by atoms with Gasteiger partial charge in [-0.2, -0.15) is 16.6 Å². The summed E-state index contributed by atoms with van der Waals surface area (Å²) < 4.78 is 0. The Bertz CT molecular complexity index is 821. The van der Waals surface area contributed by atoms with Crippen molar-refractivity contribution in [2.45, 2.75) is 19.4 Å². The van der Waals surface area contributed by atoms with Gasteiger partial charge >= 0.3 is 11.8 Å². The molecule has 27 heavy (non-hydrogen) atoms. The van der Waals surface area contributed by atoms with Crippen LogP contribution in [-0.4, -0.2) is 36.3 Å². The molecule has 6 nitrogen and oxygen atoms in total. The number of amides is 2. The van der Waals surface area contributed by atoms with Gasteiger partial charge in [0, 0.05) is 13.1 Å². The SMILES string of the molecule is N#Cc1ccccc1NC(=O)C(=O)NCC1CCN(Cc2ccsc2)CC1. The highest BCUT2D eigenvalue weighted by Crippen LogP contribution is 2.19. The molecule has 1 aromatic carbocycles. The lowest BCUT2D eigenvalue weighted by molar-refractivity contribution is -0.136. The van der Waals surface area contributed by atoms with Crippen molar-refractivity contribution in [1.82, 2.24) is 10.2 Å². The quantitative estimate of drug-likeness (QED) is 0.779. The van der Waals surface area contributed by atoms with Crippen LogP contribution in [0.15, 0.2) is 41.1 Å². The third-order valence-electron chi connectivity index (χ3n) is 4.75. The van der Waals surface area contributed by atoms with Gasteiger partial charge < -0.3 is 10.6 Å². The first-order chi connectivity index (χ1) is 13.2. The molecule has 0 radical (unpaired) electrons. The van der Waals surface area contributed by atoms with Crippen molar-refractivity contribution < 1.29 is 9.59 Å². The summed E-state index contributed by atoms with van der Waals surface area (Å²) in [6.07, 6.45) is 2.01. The number of piperidine rings is 1. The first-order valence-corrected chi connectivity index (χ1v) is 9.91. The predicted octanol–water partition coefficient (Wildman–Crippen LogP) is 2.59. The average Bonchev–Trinajstić information content (AvgIpc) is 3.20. The molecule has 140 valence electrons. The molecule has 1 aromatic heterocycles. The van der Waals surface area contributed by atoms with Crippen molar-refractivity contribution in [2.75, 3.05) is 25.0 Å². The Morgan fingerprint density at radius 3 is 2.67 bits per heavy atom. The number of likely N-dealkylation sites (tertiary alicyclic amines) is 1. The summed E-state index contributed by atoms with van der Waals surface area (Å²) in [6, 6.07) is 10.8. The van der Waals surface area contributed by atoms with E-state index in [0.717, 1.165) is 32.5 Å². The summed E-state index contributed by atoms with van der Waals surface area (Å²) in [7, 11) is 0. The molecular formula is C20H22N4O2S. The van der Waals surface area contributed by atoms with Crippen molar-refractivity contribution in [3.8, 4) is 6.07 Å². The maximum absolute atomic E-state index is 12.1. The van der Waals surface area contributed by atoms with Crippen LogP contribution in [0.1, 0.15) is 24.0 Å². The number of carbonyl (C=O) groups excluding carboxylic acids is 2. The zero-order valence-electron chi connectivity index (χ0n) is 15.0. The molecule has 2 heterocycles. The maximum Gasteiger partial charge on any atom is 0.313 e. The highest BCUT2D eigenvalue weighted by molar-refractivity contribution is 7.07. The van der Waals surface area contributed by atoms with Gasteiger partial charge in [-0.1, -0.05) is 12.1 Å². The number of nitriles is 1. The Morgan fingerprint density at radius 1 is 1.19 bits per heavy atom. The van der Waals surface area contributed by atoms with Crippen molar-refractivity contribution in [2.24, 2.45) is 5.92 Å². The van der Waals surface area contributed by atoms with Crippen LogP contribution in [-0.2, 0) is 16.1 Å². The fraction of sp³-hybridized carbons (Fsp3) is 0.350. The Labute approximate surface area is 162 Å². The molecule has 0 atom stereocenters. The highest BCUT2D eigenvalue weighted by atomic mass is 32.1. The van der Waals surface area contributed by atoms with E-state index in [1.165, 1.54) is 5.56 Å². The Morgan fingerprint density at radius 2 is 1.96 bits per heavy atom. The minimum atomic E-state index is -0.743. The molecule has 1 fully saturated rings. The van der Waals surface area contributed by atoms with Crippen LogP contribution in [0.4, 0.5) is 5.69 Å². The molecule has 2 N–H and O–H groups in total. The summed E-state index contributed by atoms with van der Waals surface area (Å²) in [5, 5.41) is 18.5. The second-order valence-corrected chi connectivity index (χ2v) is 7.45. The predicted molar refractivity (Wildman–Crippen MR) is 105 cm³/mol. The third-order valence-corrected chi connectivity index (χ3v) is 5.48.